The predicted molar refractivity (Wildman–Crippen MR) is 79.8 cm³/mol. The highest BCUT2D eigenvalue weighted by atomic mass is 16.6. The molecule has 0 aromatic heterocycles. The summed E-state index contributed by atoms with van der Waals surface area (Å²) in [6, 6.07) is 10.5. The van der Waals surface area contributed by atoms with Crippen molar-refractivity contribution < 1.29 is 9.53 Å². The Hall–Kier alpha value is -1.55. The van der Waals surface area contributed by atoms with Gasteiger partial charge in [-0.3, -0.25) is 0 Å². The summed E-state index contributed by atoms with van der Waals surface area (Å²) in [5.41, 5.74) is 0.880. The summed E-state index contributed by atoms with van der Waals surface area (Å²) in [6.45, 7) is 8.14. The summed E-state index contributed by atoms with van der Waals surface area (Å²) in [5.74, 6) is 0.857. The van der Waals surface area contributed by atoms with E-state index in [1.807, 2.05) is 26.8 Å². The molecule has 4 nitrogen and oxygen atoms in total. The zero-order valence-corrected chi connectivity index (χ0v) is 12.5. The zero-order valence-electron chi connectivity index (χ0n) is 12.5. The van der Waals surface area contributed by atoms with Crippen LogP contribution in [0.3, 0.4) is 0 Å². The van der Waals surface area contributed by atoms with Gasteiger partial charge in [-0.2, -0.15) is 0 Å². The van der Waals surface area contributed by atoms with Crippen molar-refractivity contribution >= 4 is 6.09 Å². The Morgan fingerprint density at radius 1 is 1.30 bits per heavy atom. The molecule has 2 atom stereocenters. The van der Waals surface area contributed by atoms with Crippen molar-refractivity contribution in [1.82, 2.24) is 10.6 Å². The quantitative estimate of drug-likeness (QED) is 0.892. The first kappa shape index (κ1) is 14.9. The number of benzene rings is 1. The lowest BCUT2D eigenvalue weighted by Gasteiger charge is -2.22. The Morgan fingerprint density at radius 3 is 2.65 bits per heavy atom. The first-order chi connectivity index (χ1) is 9.46. The Morgan fingerprint density at radius 2 is 2.00 bits per heavy atom. The number of nitrogens with one attached hydrogen (secondary N) is 2. The maximum Gasteiger partial charge on any atom is 0.407 e. The van der Waals surface area contributed by atoms with Crippen molar-refractivity contribution in [2.45, 2.75) is 32.3 Å². The number of carbonyl (C=O) groups excluding carboxylic acids is 1. The predicted octanol–water partition coefficient (Wildman–Crippen LogP) is 2.51. The molecular weight excluding hydrogens is 252 g/mol. The van der Waals surface area contributed by atoms with Gasteiger partial charge in [-0.15, -0.1) is 0 Å². The molecule has 1 saturated heterocycles. The van der Waals surface area contributed by atoms with Crippen molar-refractivity contribution in [3.63, 3.8) is 0 Å². The Bertz CT molecular complexity index is 440. The first-order valence-electron chi connectivity index (χ1n) is 7.18. The van der Waals surface area contributed by atoms with Crippen LogP contribution in [0.4, 0.5) is 4.79 Å². The Kier molecular flexibility index (Phi) is 4.65. The summed E-state index contributed by atoms with van der Waals surface area (Å²) in [6.07, 6.45) is -0.337. The third-order valence-electron chi connectivity index (χ3n) is 3.48. The number of amides is 1. The molecular formula is C16H24N2O2. The third kappa shape index (κ3) is 4.23. The maximum atomic E-state index is 11.7. The summed E-state index contributed by atoms with van der Waals surface area (Å²) >= 11 is 0. The molecule has 1 aromatic carbocycles. The molecule has 0 saturated carbocycles. The maximum absolute atomic E-state index is 11.7. The van der Waals surface area contributed by atoms with Gasteiger partial charge in [0.05, 0.1) is 0 Å². The van der Waals surface area contributed by atoms with E-state index in [0.717, 1.165) is 13.1 Å². The summed E-state index contributed by atoms with van der Waals surface area (Å²) in [4.78, 5) is 11.7. The van der Waals surface area contributed by atoms with Gasteiger partial charge >= 0.3 is 6.09 Å². The lowest BCUT2D eigenvalue weighted by molar-refractivity contribution is 0.0519. The largest absolute Gasteiger partial charge is 0.444 e. The Labute approximate surface area is 120 Å². The average molecular weight is 276 g/mol. The molecule has 1 heterocycles. The number of hydrogen-bond acceptors (Lipinski definition) is 3. The van der Waals surface area contributed by atoms with Gasteiger partial charge in [-0.1, -0.05) is 30.3 Å². The second kappa shape index (κ2) is 6.27. The number of alkyl carbamates (subject to hydrolysis) is 1. The van der Waals surface area contributed by atoms with Crippen LogP contribution in [0.5, 0.6) is 0 Å². The first-order valence-corrected chi connectivity index (χ1v) is 7.18. The summed E-state index contributed by atoms with van der Waals surface area (Å²) < 4.78 is 5.27. The highest BCUT2D eigenvalue weighted by Crippen LogP contribution is 2.27. The van der Waals surface area contributed by atoms with Crippen LogP contribution in [0.2, 0.25) is 0 Å². The van der Waals surface area contributed by atoms with E-state index >= 15 is 0 Å². The molecule has 0 bridgehead atoms. The topological polar surface area (TPSA) is 50.4 Å². The molecule has 20 heavy (non-hydrogen) atoms. The van der Waals surface area contributed by atoms with Crippen LogP contribution in [-0.4, -0.2) is 31.3 Å². The van der Waals surface area contributed by atoms with Gasteiger partial charge < -0.3 is 15.4 Å². The monoisotopic (exact) mass is 276 g/mol. The van der Waals surface area contributed by atoms with Crippen LogP contribution >= 0.6 is 0 Å². The standard InChI is InChI=1S/C16H24N2O2/c1-16(2,3)20-15(19)18-10-13-9-17-11-14(13)12-7-5-4-6-8-12/h4-8,13-14,17H,9-11H2,1-3H3,(H,18,19)/t13-,14+/m1/s1. The fourth-order valence-corrected chi connectivity index (χ4v) is 2.57. The van der Waals surface area contributed by atoms with Crippen molar-refractivity contribution in [2.24, 2.45) is 5.92 Å². The van der Waals surface area contributed by atoms with Crippen molar-refractivity contribution in [1.29, 1.82) is 0 Å². The summed E-state index contributed by atoms with van der Waals surface area (Å²) in [5, 5.41) is 6.28. The molecule has 110 valence electrons. The van der Waals surface area contributed by atoms with E-state index in [1.54, 1.807) is 0 Å². The van der Waals surface area contributed by atoms with Crippen LogP contribution in [0.1, 0.15) is 32.3 Å². The Balaban J connectivity index is 1.88. The average Bonchev–Trinajstić information content (AvgIpc) is 2.83. The minimum absolute atomic E-state index is 0.337. The second-order valence-electron chi connectivity index (χ2n) is 6.32. The molecule has 1 aromatic rings. The molecule has 0 spiro atoms. The number of rotatable bonds is 3. The molecule has 1 amide bonds. The second-order valence-corrected chi connectivity index (χ2v) is 6.32. The van der Waals surface area contributed by atoms with E-state index in [4.69, 9.17) is 4.74 Å². The molecule has 2 rings (SSSR count). The normalized spacial score (nSPS) is 22.6. The van der Waals surface area contributed by atoms with Crippen LogP contribution in [0.15, 0.2) is 30.3 Å². The van der Waals surface area contributed by atoms with Gasteiger partial charge in [-0.05, 0) is 32.3 Å². The molecule has 1 aliphatic rings. The van der Waals surface area contributed by atoms with Crippen molar-refractivity contribution in [3.8, 4) is 0 Å². The lowest BCUT2D eigenvalue weighted by Crippen LogP contribution is -2.36. The molecule has 0 radical (unpaired) electrons. The van der Waals surface area contributed by atoms with E-state index in [2.05, 4.69) is 34.9 Å². The highest BCUT2D eigenvalue weighted by Gasteiger charge is 2.29. The highest BCUT2D eigenvalue weighted by molar-refractivity contribution is 5.67. The van der Waals surface area contributed by atoms with Gasteiger partial charge in [0.2, 0.25) is 0 Å². The van der Waals surface area contributed by atoms with Crippen LogP contribution in [0, 0.1) is 5.92 Å². The van der Waals surface area contributed by atoms with Crippen molar-refractivity contribution in [3.05, 3.63) is 35.9 Å². The van der Waals surface area contributed by atoms with E-state index < -0.39 is 5.60 Å². The number of carbonyl (C=O) groups is 1. The third-order valence-corrected chi connectivity index (χ3v) is 3.48. The summed E-state index contributed by atoms with van der Waals surface area (Å²) in [7, 11) is 0. The lowest BCUT2D eigenvalue weighted by atomic mass is 9.89. The molecule has 0 aliphatic carbocycles. The van der Waals surface area contributed by atoms with Crippen molar-refractivity contribution in [2.75, 3.05) is 19.6 Å². The van der Waals surface area contributed by atoms with E-state index in [-0.39, 0.29) is 6.09 Å². The fourth-order valence-electron chi connectivity index (χ4n) is 2.57. The molecule has 1 fully saturated rings. The van der Waals surface area contributed by atoms with Gasteiger partial charge in [0, 0.05) is 25.6 Å². The van der Waals surface area contributed by atoms with Crippen LogP contribution < -0.4 is 10.6 Å². The van der Waals surface area contributed by atoms with Gasteiger partial charge in [0.25, 0.3) is 0 Å². The van der Waals surface area contributed by atoms with Gasteiger partial charge in [0.1, 0.15) is 5.60 Å². The SMILES string of the molecule is CC(C)(C)OC(=O)NC[C@H]1CNC[C@H]1c1ccccc1. The molecule has 2 N–H and O–H groups in total. The zero-order chi connectivity index (χ0) is 14.6. The smallest absolute Gasteiger partial charge is 0.407 e. The number of hydrogen-bond donors (Lipinski definition) is 2. The van der Waals surface area contributed by atoms with E-state index in [1.165, 1.54) is 5.56 Å². The number of ether oxygens (including phenoxy) is 1. The van der Waals surface area contributed by atoms with Gasteiger partial charge in [-0.25, -0.2) is 4.79 Å². The minimum Gasteiger partial charge on any atom is -0.444 e. The fraction of sp³-hybridized carbons (Fsp3) is 0.562. The molecule has 4 heteroatoms. The van der Waals surface area contributed by atoms with E-state index in [9.17, 15) is 4.79 Å². The minimum atomic E-state index is -0.448. The van der Waals surface area contributed by atoms with E-state index in [0.29, 0.717) is 18.4 Å². The van der Waals surface area contributed by atoms with Gasteiger partial charge in [0.15, 0.2) is 0 Å². The molecule has 0 unspecified atom stereocenters. The van der Waals surface area contributed by atoms with Crippen LogP contribution in [0.25, 0.3) is 0 Å². The molecule has 1 aliphatic heterocycles. The van der Waals surface area contributed by atoms with Crippen LogP contribution in [-0.2, 0) is 4.74 Å².